The van der Waals surface area contributed by atoms with Crippen LogP contribution in [0, 0.1) is 0 Å². The molecule has 1 aromatic carbocycles. The predicted molar refractivity (Wildman–Crippen MR) is 69.9 cm³/mol. The van der Waals surface area contributed by atoms with Crippen LogP contribution >= 0.6 is 0 Å². The molecule has 0 spiro atoms. The summed E-state index contributed by atoms with van der Waals surface area (Å²) in [6.45, 7) is 1.89. The average Bonchev–Trinajstić information content (AvgIpc) is 2.46. The van der Waals surface area contributed by atoms with Crippen LogP contribution in [0.3, 0.4) is 0 Å². The Bertz CT molecular complexity index is 375. The van der Waals surface area contributed by atoms with Gasteiger partial charge in [0.25, 0.3) is 0 Å². The van der Waals surface area contributed by atoms with Crippen molar-refractivity contribution in [2.75, 3.05) is 34.4 Å². The first-order chi connectivity index (χ1) is 8.80. The maximum absolute atomic E-state index is 5.38. The largest absolute Gasteiger partial charge is 0.493 e. The Hall–Kier alpha value is -1.42. The Morgan fingerprint density at radius 1 is 0.944 bits per heavy atom. The summed E-state index contributed by atoms with van der Waals surface area (Å²) >= 11 is 0. The second kappa shape index (κ2) is 5.96. The number of piperidine rings is 1. The first-order valence-corrected chi connectivity index (χ1v) is 6.23. The molecule has 1 aliphatic rings. The molecule has 0 saturated carbocycles. The molecule has 1 saturated heterocycles. The van der Waals surface area contributed by atoms with Gasteiger partial charge in [0.2, 0.25) is 5.75 Å². The van der Waals surface area contributed by atoms with Crippen LogP contribution in [0.4, 0.5) is 0 Å². The van der Waals surface area contributed by atoms with E-state index in [0.717, 1.165) is 37.4 Å². The second-order valence-corrected chi connectivity index (χ2v) is 4.40. The lowest BCUT2D eigenvalue weighted by Crippen LogP contribution is -2.21. The Labute approximate surface area is 108 Å². The standard InChI is InChI=1S/C14H20NO3/c1-16-12-8-11(10-4-6-15-7-5-10)9-13(17-2)14(12)18-3/h8-10H,4-7H2,1-3H3. The van der Waals surface area contributed by atoms with Crippen LogP contribution in [0.25, 0.3) is 0 Å². The summed E-state index contributed by atoms with van der Waals surface area (Å²) in [7, 11) is 4.92. The van der Waals surface area contributed by atoms with Crippen molar-refractivity contribution in [3.63, 3.8) is 0 Å². The molecule has 1 heterocycles. The van der Waals surface area contributed by atoms with E-state index in [0.29, 0.717) is 11.7 Å². The van der Waals surface area contributed by atoms with Gasteiger partial charge in [-0.2, -0.15) is 0 Å². The Balaban J connectivity index is 2.35. The van der Waals surface area contributed by atoms with Crippen molar-refractivity contribution in [2.24, 2.45) is 0 Å². The highest BCUT2D eigenvalue weighted by molar-refractivity contribution is 5.54. The minimum atomic E-state index is 0.538. The Morgan fingerprint density at radius 3 is 1.94 bits per heavy atom. The van der Waals surface area contributed by atoms with Gasteiger partial charge in [-0.1, -0.05) is 0 Å². The van der Waals surface area contributed by atoms with Crippen LogP contribution in [0.2, 0.25) is 0 Å². The van der Waals surface area contributed by atoms with Crippen molar-refractivity contribution in [3.05, 3.63) is 17.7 Å². The van der Waals surface area contributed by atoms with Gasteiger partial charge in [0.1, 0.15) is 0 Å². The molecule has 1 radical (unpaired) electrons. The zero-order chi connectivity index (χ0) is 13.0. The SMILES string of the molecule is COc1cc(C2CC[N]CC2)cc(OC)c1OC. The van der Waals surface area contributed by atoms with Gasteiger partial charge >= 0.3 is 0 Å². The van der Waals surface area contributed by atoms with Crippen molar-refractivity contribution in [2.45, 2.75) is 18.8 Å². The third-order valence-corrected chi connectivity index (χ3v) is 3.43. The van der Waals surface area contributed by atoms with E-state index in [-0.39, 0.29) is 0 Å². The zero-order valence-corrected chi connectivity index (χ0v) is 11.2. The lowest BCUT2D eigenvalue weighted by molar-refractivity contribution is 0.322. The van der Waals surface area contributed by atoms with E-state index in [1.54, 1.807) is 21.3 Å². The van der Waals surface area contributed by atoms with E-state index in [2.05, 4.69) is 17.4 Å². The van der Waals surface area contributed by atoms with Crippen LogP contribution in [-0.4, -0.2) is 34.4 Å². The number of methoxy groups -OCH3 is 3. The van der Waals surface area contributed by atoms with Crippen LogP contribution in [0.5, 0.6) is 17.2 Å². The quantitative estimate of drug-likeness (QED) is 0.822. The normalized spacial score (nSPS) is 16.4. The highest BCUT2D eigenvalue weighted by Crippen LogP contribution is 2.41. The molecule has 18 heavy (non-hydrogen) atoms. The van der Waals surface area contributed by atoms with Crippen molar-refractivity contribution >= 4 is 0 Å². The fraction of sp³-hybridized carbons (Fsp3) is 0.571. The molecule has 0 bridgehead atoms. The number of rotatable bonds is 4. The van der Waals surface area contributed by atoms with E-state index < -0.39 is 0 Å². The molecule has 1 aliphatic heterocycles. The zero-order valence-electron chi connectivity index (χ0n) is 11.2. The molecule has 1 fully saturated rings. The van der Waals surface area contributed by atoms with Crippen molar-refractivity contribution in [1.29, 1.82) is 0 Å². The highest BCUT2D eigenvalue weighted by atomic mass is 16.5. The molecule has 0 N–H and O–H groups in total. The second-order valence-electron chi connectivity index (χ2n) is 4.40. The molecule has 2 rings (SSSR count). The van der Waals surface area contributed by atoms with Crippen molar-refractivity contribution in [1.82, 2.24) is 5.32 Å². The molecule has 4 heteroatoms. The van der Waals surface area contributed by atoms with E-state index in [1.807, 2.05) is 0 Å². The summed E-state index contributed by atoms with van der Waals surface area (Å²) in [5, 5.41) is 4.38. The molecular weight excluding hydrogens is 230 g/mol. The van der Waals surface area contributed by atoms with E-state index in [1.165, 1.54) is 5.56 Å². The lowest BCUT2D eigenvalue weighted by atomic mass is 9.90. The molecule has 1 aromatic rings. The van der Waals surface area contributed by atoms with E-state index in [9.17, 15) is 0 Å². The molecule has 0 aliphatic carbocycles. The van der Waals surface area contributed by atoms with Crippen LogP contribution in [-0.2, 0) is 0 Å². The topological polar surface area (TPSA) is 41.8 Å². The number of ether oxygens (including phenoxy) is 3. The van der Waals surface area contributed by atoms with Crippen LogP contribution < -0.4 is 19.5 Å². The first kappa shape index (κ1) is 13.0. The van der Waals surface area contributed by atoms with Crippen molar-refractivity contribution in [3.8, 4) is 17.2 Å². The van der Waals surface area contributed by atoms with E-state index >= 15 is 0 Å². The number of hydrogen-bond donors (Lipinski definition) is 0. The maximum Gasteiger partial charge on any atom is 0.203 e. The third-order valence-electron chi connectivity index (χ3n) is 3.43. The molecule has 0 unspecified atom stereocenters. The number of nitrogens with zero attached hydrogens (tertiary/aromatic N) is 1. The smallest absolute Gasteiger partial charge is 0.203 e. The molecule has 0 atom stereocenters. The van der Waals surface area contributed by atoms with Gasteiger partial charge in [-0.25, -0.2) is 5.32 Å². The average molecular weight is 250 g/mol. The fourth-order valence-corrected chi connectivity index (χ4v) is 2.42. The number of hydrogen-bond acceptors (Lipinski definition) is 3. The van der Waals surface area contributed by atoms with Crippen molar-refractivity contribution < 1.29 is 14.2 Å². The van der Waals surface area contributed by atoms with Crippen LogP contribution in [0.1, 0.15) is 24.3 Å². The van der Waals surface area contributed by atoms with Crippen LogP contribution in [0.15, 0.2) is 12.1 Å². The summed E-state index contributed by atoms with van der Waals surface area (Å²) < 4.78 is 16.1. The fourth-order valence-electron chi connectivity index (χ4n) is 2.42. The van der Waals surface area contributed by atoms with Gasteiger partial charge in [0.05, 0.1) is 21.3 Å². The highest BCUT2D eigenvalue weighted by Gasteiger charge is 2.20. The van der Waals surface area contributed by atoms with Gasteiger partial charge in [0, 0.05) is 13.1 Å². The first-order valence-electron chi connectivity index (χ1n) is 6.23. The van der Waals surface area contributed by atoms with Gasteiger partial charge in [-0.3, -0.25) is 0 Å². The Morgan fingerprint density at radius 2 is 1.50 bits per heavy atom. The maximum atomic E-state index is 5.38. The summed E-state index contributed by atoms with van der Waals surface area (Å²) in [6.07, 6.45) is 2.19. The molecule has 99 valence electrons. The lowest BCUT2D eigenvalue weighted by Gasteiger charge is -2.23. The molecule has 4 nitrogen and oxygen atoms in total. The summed E-state index contributed by atoms with van der Waals surface area (Å²) in [5.74, 6) is 2.66. The minimum Gasteiger partial charge on any atom is -0.493 e. The Kier molecular flexibility index (Phi) is 4.31. The molecule has 0 aromatic heterocycles. The minimum absolute atomic E-state index is 0.538. The molecule has 0 amide bonds. The molecular formula is C14H20NO3. The number of benzene rings is 1. The van der Waals surface area contributed by atoms with Gasteiger partial charge < -0.3 is 14.2 Å². The van der Waals surface area contributed by atoms with E-state index in [4.69, 9.17) is 14.2 Å². The summed E-state index contributed by atoms with van der Waals surface area (Å²) in [4.78, 5) is 0. The third kappa shape index (κ3) is 2.53. The summed E-state index contributed by atoms with van der Waals surface area (Å²) in [6, 6.07) is 4.11. The van der Waals surface area contributed by atoms with Gasteiger partial charge in [-0.05, 0) is 36.5 Å². The summed E-state index contributed by atoms with van der Waals surface area (Å²) in [5.41, 5.74) is 1.25. The predicted octanol–water partition coefficient (Wildman–Crippen LogP) is 2.19. The van der Waals surface area contributed by atoms with Gasteiger partial charge in [-0.15, -0.1) is 0 Å². The monoisotopic (exact) mass is 250 g/mol. The van der Waals surface area contributed by atoms with Gasteiger partial charge in [0.15, 0.2) is 11.5 Å².